The zero-order chi connectivity index (χ0) is 0. The maximum absolute atomic E-state index is 0. The summed E-state index contributed by atoms with van der Waals surface area (Å²) < 4.78 is 0. The summed E-state index contributed by atoms with van der Waals surface area (Å²) in [5.74, 6) is 0. The molecule has 0 aromatic heterocycles. The van der Waals surface area contributed by atoms with Gasteiger partial charge in [0, 0.05) is 0 Å². The second-order valence-corrected chi connectivity index (χ2v) is 0. The second kappa shape index (κ2) is 19.5. The molecule has 0 fully saturated rings. The maximum atomic E-state index is 0. The molecule has 28 valence electrons. The first-order valence-corrected chi connectivity index (χ1v) is 0. The molecule has 4 heavy (non-hydrogen) atoms. The minimum absolute atomic E-state index is 0. The van der Waals surface area contributed by atoms with Crippen molar-refractivity contribution in [3.8, 4) is 0 Å². The quantitative estimate of drug-likeness (QED) is 0.315. The van der Waals surface area contributed by atoms with Crippen molar-refractivity contribution in [1.29, 1.82) is 0 Å². The Balaban J connectivity index is 0. The molecule has 4 heteroatoms. The van der Waals surface area contributed by atoms with Gasteiger partial charge >= 0.3 is 53.5 Å². The third-order valence-corrected chi connectivity index (χ3v) is 0. The van der Waals surface area contributed by atoms with E-state index in [-0.39, 0.29) is 72.9 Å². The van der Waals surface area contributed by atoms with Crippen molar-refractivity contribution >= 4 is 72.9 Å². The van der Waals surface area contributed by atoms with Gasteiger partial charge in [0.2, 0.25) is 0 Å². The minimum atomic E-state index is 0. The molecule has 0 aliphatic heterocycles. The van der Waals surface area contributed by atoms with E-state index in [0.717, 1.165) is 0 Å². The molecule has 0 aromatic rings. The van der Waals surface area contributed by atoms with Crippen LogP contribution in [-0.4, -0.2) is 72.9 Å². The molecule has 0 rings (SSSR count). The summed E-state index contributed by atoms with van der Waals surface area (Å²) in [5, 5.41) is 0. The van der Waals surface area contributed by atoms with Crippen LogP contribution in [0.3, 0.4) is 0 Å². The van der Waals surface area contributed by atoms with E-state index in [2.05, 4.69) is 0 Å². The monoisotopic (exact) mass is 468 g/mol. The van der Waals surface area contributed by atoms with E-state index in [9.17, 15) is 0 Å². The number of hydrogen-bond donors (Lipinski definition) is 0. The molecule has 0 spiro atoms. The smallest absolute Gasteiger partial charge is 0.0149 e. The molecule has 0 N–H and O–H groups in total. The van der Waals surface area contributed by atoms with Gasteiger partial charge in [-0.2, -0.15) is 0 Å². The molecule has 0 saturated carbocycles. The maximum Gasteiger partial charge on any atom is -0.0149 e. The van der Waals surface area contributed by atoms with Gasteiger partial charge in [0.05, 0.1) is 8.41 Å². The van der Waals surface area contributed by atoms with Gasteiger partial charge in [0.1, 0.15) is 0 Å². The molecular formula is H12BBiPbSi. The molecule has 0 unspecified atom stereocenters. The topological polar surface area (TPSA) is 0 Å². The van der Waals surface area contributed by atoms with E-state index in [1.165, 1.54) is 0 Å². The largest absolute Gasteiger partial charge is 0.0149 e. The summed E-state index contributed by atoms with van der Waals surface area (Å²) in [7, 11) is 0. The third kappa shape index (κ3) is 8.94. The van der Waals surface area contributed by atoms with Crippen molar-refractivity contribution < 1.29 is 0 Å². The van der Waals surface area contributed by atoms with Crippen LogP contribution < -0.4 is 0 Å². The van der Waals surface area contributed by atoms with E-state index in [1.807, 2.05) is 0 Å². The fourth-order valence-electron chi connectivity index (χ4n) is 0. The molecule has 0 amide bonds. The molecule has 2 radical (unpaired) electrons. The van der Waals surface area contributed by atoms with Crippen molar-refractivity contribution in [2.45, 2.75) is 0 Å². The Labute approximate surface area is 72.0 Å². The fourth-order valence-corrected chi connectivity index (χ4v) is 0. The van der Waals surface area contributed by atoms with Crippen LogP contribution in [0.5, 0.6) is 0 Å². The van der Waals surface area contributed by atoms with Gasteiger partial charge in [-0.05, 0) is 11.0 Å². The molecule has 0 atom stereocenters. The van der Waals surface area contributed by atoms with E-state index in [4.69, 9.17) is 0 Å². The average molecular weight is 467 g/mol. The van der Waals surface area contributed by atoms with Crippen LogP contribution in [0.1, 0.15) is 0 Å². The number of hydrogen-bond acceptors (Lipinski definition) is 0. The van der Waals surface area contributed by atoms with Crippen LogP contribution >= 0.6 is 0 Å². The molecule has 0 aliphatic rings. The predicted molar refractivity (Wildman–Crippen MR) is 39.8 cm³/mol. The summed E-state index contributed by atoms with van der Waals surface area (Å²) in [6, 6.07) is 0. The van der Waals surface area contributed by atoms with Crippen LogP contribution in [-0.2, 0) is 0 Å². The normalized spacial score (nSPS) is 0. The molecule has 0 aliphatic carbocycles. The second-order valence-electron chi connectivity index (χ2n) is 0. The average Bonchev–Trinajstić information content (AvgIpc) is 0. The molecule has 0 heterocycles. The molecule has 0 bridgehead atoms. The first-order chi connectivity index (χ1) is 0. The van der Waals surface area contributed by atoms with Gasteiger partial charge in [-0.1, -0.05) is 0 Å². The Morgan fingerprint density at radius 3 is 1.00 bits per heavy atom. The first-order valence-electron chi connectivity index (χ1n) is 0. The van der Waals surface area contributed by atoms with Crippen LogP contribution in [0.15, 0.2) is 0 Å². The molecule has 0 nitrogen and oxygen atoms in total. The summed E-state index contributed by atoms with van der Waals surface area (Å²) >= 11 is 0. The van der Waals surface area contributed by atoms with Crippen LogP contribution in [0.25, 0.3) is 0 Å². The van der Waals surface area contributed by atoms with Crippen molar-refractivity contribution in [2.75, 3.05) is 0 Å². The Kier molecular flexibility index (Phi) is 176. The van der Waals surface area contributed by atoms with Gasteiger partial charge in [-0.25, -0.2) is 0 Å². The number of rotatable bonds is 0. The van der Waals surface area contributed by atoms with Gasteiger partial charge in [-0.3, -0.25) is 0 Å². The van der Waals surface area contributed by atoms with Crippen LogP contribution in [0.4, 0.5) is 0 Å². The minimum Gasteiger partial charge on any atom is -0.0149 e. The zero-order valence-corrected chi connectivity index (χ0v) is 12.4. The van der Waals surface area contributed by atoms with Crippen molar-refractivity contribution in [3.63, 3.8) is 0 Å². The predicted octanol–water partition coefficient (Wildman–Crippen LogP) is -4.74. The SMILES string of the molecule is B.[BiH3].[PbH2].[SiH4]. The summed E-state index contributed by atoms with van der Waals surface area (Å²) in [4.78, 5) is 0. The molecule has 0 aromatic carbocycles. The fraction of sp³-hybridized carbons (Fsp3) is 0. The Morgan fingerprint density at radius 2 is 1.00 bits per heavy atom. The third-order valence-electron chi connectivity index (χ3n) is 0. The van der Waals surface area contributed by atoms with Gasteiger partial charge in [0.15, 0.2) is 0 Å². The van der Waals surface area contributed by atoms with Gasteiger partial charge < -0.3 is 0 Å². The Morgan fingerprint density at radius 1 is 1.00 bits per heavy atom. The van der Waals surface area contributed by atoms with E-state index in [0.29, 0.717) is 0 Å². The molecular weight excluding hydrogens is 455 g/mol. The van der Waals surface area contributed by atoms with E-state index < -0.39 is 0 Å². The van der Waals surface area contributed by atoms with E-state index >= 15 is 0 Å². The van der Waals surface area contributed by atoms with Gasteiger partial charge in [-0.15, -0.1) is 0 Å². The van der Waals surface area contributed by atoms with Crippen LogP contribution in [0.2, 0.25) is 0 Å². The van der Waals surface area contributed by atoms with Crippen molar-refractivity contribution in [2.24, 2.45) is 0 Å². The summed E-state index contributed by atoms with van der Waals surface area (Å²) in [6.45, 7) is 0. The first kappa shape index (κ1) is 36.2. The zero-order valence-electron chi connectivity index (χ0n) is 1.41. The summed E-state index contributed by atoms with van der Waals surface area (Å²) in [6.07, 6.45) is 0. The summed E-state index contributed by atoms with van der Waals surface area (Å²) in [5.41, 5.74) is 0. The van der Waals surface area contributed by atoms with Crippen LogP contribution in [0, 0.1) is 0 Å². The van der Waals surface area contributed by atoms with E-state index in [1.54, 1.807) is 0 Å². The van der Waals surface area contributed by atoms with Crippen molar-refractivity contribution in [3.05, 3.63) is 0 Å². The van der Waals surface area contributed by atoms with Gasteiger partial charge in [0.25, 0.3) is 0 Å². The standard InChI is InChI=1S/BH3.Bi.Pb.H4Si.5H/h1H3;;;1H4;;;;;. The Bertz CT molecular complexity index is 8.00. The van der Waals surface area contributed by atoms with Crippen molar-refractivity contribution in [1.82, 2.24) is 0 Å². The Hall–Kier alpha value is 2.09. The molecule has 0 saturated heterocycles.